The van der Waals surface area contributed by atoms with Gasteiger partial charge < -0.3 is 20.8 Å². The van der Waals surface area contributed by atoms with Crippen molar-refractivity contribution in [3.63, 3.8) is 0 Å². The third-order valence-electron chi connectivity index (χ3n) is 2.29. The van der Waals surface area contributed by atoms with Gasteiger partial charge in [0.2, 0.25) is 11.8 Å². The molecule has 0 spiro atoms. The second-order valence-corrected chi connectivity index (χ2v) is 4.03. The van der Waals surface area contributed by atoms with Gasteiger partial charge >= 0.3 is 0 Å². The zero-order valence-corrected chi connectivity index (χ0v) is 9.89. The second-order valence-electron chi connectivity index (χ2n) is 4.03. The molecule has 0 radical (unpaired) electrons. The SMILES string of the molecule is Cc1noc(CNC(=O)C(C)(C)C(N)=NO)n1. The molecule has 1 rings (SSSR count). The summed E-state index contributed by atoms with van der Waals surface area (Å²) in [6.45, 7) is 4.85. The number of nitrogens with two attached hydrogens (primary N) is 1. The molecule has 0 bridgehead atoms. The van der Waals surface area contributed by atoms with Crippen molar-refractivity contribution >= 4 is 11.7 Å². The van der Waals surface area contributed by atoms with Gasteiger partial charge in [-0.25, -0.2) is 0 Å². The Morgan fingerprint density at radius 3 is 2.76 bits per heavy atom. The van der Waals surface area contributed by atoms with Crippen molar-refractivity contribution in [2.24, 2.45) is 16.3 Å². The van der Waals surface area contributed by atoms with Gasteiger partial charge in [-0.15, -0.1) is 0 Å². The summed E-state index contributed by atoms with van der Waals surface area (Å²) >= 11 is 0. The van der Waals surface area contributed by atoms with E-state index in [1.54, 1.807) is 6.92 Å². The molecule has 1 aromatic rings. The molecule has 0 aliphatic heterocycles. The van der Waals surface area contributed by atoms with Crippen LogP contribution in [0.4, 0.5) is 0 Å². The molecule has 1 heterocycles. The van der Waals surface area contributed by atoms with E-state index in [1.807, 2.05) is 0 Å². The van der Waals surface area contributed by atoms with Crippen molar-refractivity contribution in [2.75, 3.05) is 0 Å². The van der Waals surface area contributed by atoms with E-state index in [-0.39, 0.29) is 12.4 Å². The monoisotopic (exact) mass is 241 g/mol. The van der Waals surface area contributed by atoms with Gasteiger partial charge in [-0.3, -0.25) is 4.79 Å². The number of hydrogen-bond acceptors (Lipinski definition) is 6. The maximum absolute atomic E-state index is 11.8. The van der Waals surface area contributed by atoms with Crippen LogP contribution in [-0.2, 0) is 11.3 Å². The van der Waals surface area contributed by atoms with E-state index in [0.29, 0.717) is 11.7 Å². The molecular weight excluding hydrogens is 226 g/mol. The van der Waals surface area contributed by atoms with Crippen molar-refractivity contribution in [1.82, 2.24) is 15.5 Å². The lowest BCUT2D eigenvalue weighted by Crippen LogP contribution is -2.45. The Kier molecular flexibility index (Phi) is 3.66. The van der Waals surface area contributed by atoms with Gasteiger partial charge in [-0.1, -0.05) is 10.3 Å². The minimum absolute atomic E-state index is 0.0990. The van der Waals surface area contributed by atoms with Gasteiger partial charge in [-0.2, -0.15) is 4.98 Å². The van der Waals surface area contributed by atoms with E-state index >= 15 is 0 Å². The highest BCUT2D eigenvalue weighted by Gasteiger charge is 2.32. The molecule has 0 unspecified atom stereocenters. The number of amides is 1. The lowest BCUT2D eigenvalue weighted by atomic mass is 9.91. The molecule has 0 atom stereocenters. The number of amidine groups is 1. The number of oxime groups is 1. The molecule has 17 heavy (non-hydrogen) atoms. The van der Waals surface area contributed by atoms with Crippen molar-refractivity contribution in [1.29, 1.82) is 0 Å². The number of hydrogen-bond donors (Lipinski definition) is 3. The molecule has 0 saturated heterocycles. The third kappa shape index (κ3) is 2.92. The van der Waals surface area contributed by atoms with Crippen LogP contribution >= 0.6 is 0 Å². The fourth-order valence-corrected chi connectivity index (χ4v) is 1.03. The first-order chi connectivity index (χ1) is 7.87. The second kappa shape index (κ2) is 4.81. The van der Waals surface area contributed by atoms with E-state index in [0.717, 1.165) is 0 Å². The maximum Gasteiger partial charge on any atom is 0.246 e. The first kappa shape index (κ1) is 12.9. The predicted octanol–water partition coefficient (Wildman–Crippen LogP) is -0.233. The van der Waals surface area contributed by atoms with Crippen LogP contribution in [0.1, 0.15) is 25.6 Å². The van der Waals surface area contributed by atoms with E-state index in [4.69, 9.17) is 15.5 Å². The van der Waals surface area contributed by atoms with Crippen LogP contribution in [0.2, 0.25) is 0 Å². The number of aromatic nitrogens is 2. The Morgan fingerprint density at radius 2 is 2.29 bits per heavy atom. The number of nitrogens with one attached hydrogen (secondary N) is 1. The molecule has 0 aliphatic rings. The quantitative estimate of drug-likeness (QED) is 0.289. The summed E-state index contributed by atoms with van der Waals surface area (Å²) in [6, 6.07) is 0. The highest BCUT2D eigenvalue weighted by molar-refractivity contribution is 6.05. The predicted molar refractivity (Wildman–Crippen MR) is 58.1 cm³/mol. The molecule has 8 heteroatoms. The van der Waals surface area contributed by atoms with Crippen LogP contribution in [0.3, 0.4) is 0 Å². The fraction of sp³-hybridized carbons (Fsp3) is 0.556. The molecule has 94 valence electrons. The maximum atomic E-state index is 11.8. The molecule has 8 nitrogen and oxygen atoms in total. The molecule has 0 fully saturated rings. The summed E-state index contributed by atoms with van der Waals surface area (Å²) in [7, 11) is 0. The first-order valence-corrected chi connectivity index (χ1v) is 4.93. The Balaban J connectivity index is 2.61. The number of carbonyl (C=O) groups excluding carboxylic acids is 1. The summed E-state index contributed by atoms with van der Waals surface area (Å²) in [5.41, 5.74) is 4.31. The summed E-state index contributed by atoms with van der Waals surface area (Å²) in [6.07, 6.45) is 0. The summed E-state index contributed by atoms with van der Waals surface area (Å²) in [5, 5.41) is 17.5. The topological polar surface area (TPSA) is 127 Å². The van der Waals surface area contributed by atoms with Crippen LogP contribution < -0.4 is 11.1 Å². The molecule has 4 N–H and O–H groups in total. The smallest absolute Gasteiger partial charge is 0.246 e. The van der Waals surface area contributed by atoms with Crippen molar-refractivity contribution in [2.45, 2.75) is 27.3 Å². The van der Waals surface area contributed by atoms with Gasteiger partial charge in [-0.05, 0) is 20.8 Å². The van der Waals surface area contributed by atoms with Crippen molar-refractivity contribution in [3.8, 4) is 0 Å². The zero-order valence-electron chi connectivity index (χ0n) is 9.89. The summed E-state index contributed by atoms with van der Waals surface area (Å²) < 4.78 is 4.83. The van der Waals surface area contributed by atoms with Crippen LogP contribution in [0.15, 0.2) is 9.68 Å². The van der Waals surface area contributed by atoms with E-state index in [9.17, 15) is 4.79 Å². The highest BCUT2D eigenvalue weighted by Crippen LogP contribution is 2.15. The number of rotatable bonds is 4. The zero-order chi connectivity index (χ0) is 13.1. The van der Waals surface area contributed by atoms with E-state index < -0.39 is 11.3 Å². The molecule has 1 amide bonds. The van der Waals surface area contributed by atoms with E-state index in [2.05, 4.69) is 20.6 Å². The minimum atomic E-state index is -1.11. The Hall–Kier alpha value is -2.12. The van der Waals surface area contributed by atoms with Crippen LogP contribution in [0, 0.1) is 12.3 Å². The fourth-order valence-electron chi connectivity index (χ4n) is 1.03. The standard InChI is InChI=1S/C9H15N5O3/c1-5-12-6(17-14-5)4-11-8(15)9(2,3)7(10)13-16/h16H,4H2,1-3H3,(H2,10,13)(H,11,15). The summed E-state index contributed by atoms with van der Waals surface area (Å²) in [5.74, 6) is 0.219. The first-order valence-electron chi connectivity index (χ1n) is 4.93. The third-order valence-corrected chi connectivity index (χ3v) is 2.29. The lowest BCUT2D eigenvalue weighted by molar-refractivity contribution is -0.126. The van der Waals surface area contributed by atoms with Gasteiger partial charge in [0, 0.05) is 0 Å². The van der Waals surface area contributed by atoms with Crippen LogP contribution in [-0.4, -0.2) is 27.1 Å². The Morgan fingerprint density at radius 1 is 1.65 bits per heavy atom. The van der Waals surface area contributed by atoms with Crippen molar-refractivity contribution < 1.29 is 14.5 Å². The Bertz CT molecular complexity index is 438. The Labute approximate surface area is 97.9 Å². The summed E-state index contributed by atoms with van der Waals surface area (Å²) in [4.78, 5) is 15.7. The number of aryl methyl sites for hydroxylation is 1. The molecule has 0 aromatic carbocycles. The molecule has 1 aromatic heterocycles. The average Bonchev–Trinajstić information content (AvgIpc) is 2.70. The minimum Gasteiger partial charge on any atom is -0.409 e. The lowest BCUT2D eigenvalue weighted by Gasteiger charge is -2.21. The number of carbonyl (C=O) groups is 1. The number of nitrogens with zero attached hydrogens (tertiary/aromatic N) is 3. The van der Waals surface area contributed by atoms with Crippen LogP contribution in [0.25, 0.3) is 0 Å². The van der Waals surface area contributed by atoms with Gasteiger partial charge in [0.25, 0.3) is 0 Å². The molecule has 0 aliphatic carbocycles. The molecule has 0 saturated carbocycles. The van der Waals surface area contributed by atoms with E-state index in [1.165, 1.54) is 13.8 Å². The van der Waals surface area contributed by atoms with Gasteiger partial charge in [0.1, 0.15) is 5.41 Å². The van der Waals surface area contributed by atoms with Gasteiger partial charge in [0.15, 0.2) is 11.7 Å². The normalized spacial score (nSPS) is 12.5. The highest BCUT2D eigenvalue weighted by atomic mass is 16.5. The largest absolute Gasteiger partial charge is 0.409 e. The molecular formula is C9H15N5O3. The van der Waals surface area contributed by atoms with Crippen LogP contribution in [0.5, 0.6) is 0 Å². The van der Waals surface area contributed by atoms with Crippen molar-refractivity contribution in [3.05, 3.63) is 11.7 Å². The van der Waals surface area contributed by atoms with Gasteiger partial charge in [0.05, 0.1) is 6.54 Å². The average molecular weight is 241 g/mol.